The number of furan rings is 1. The summed E-state index contributed by atoms with van der Waals surface area (Å²) in [6.45, 7) is 13.8. The molecule has 0 saturated carbocycles. The van der Waals surface area contributed by atoms with E-state index in [1.807, 2.05) is 53.7 Å². The molecule has 0 aliphatic carbocycles. The molecule has 2 aliphatic rings. The van der Waals surface area contributed by atoms with Gasteiger partial charge in [-0.25, -0.2) is 14.8 Å². The van der Waals surface area contributed by atoms with E-state index in [-0.39, 0.29) is 46.9 Å². The number of halogens is 1. The smallest absolute Gasteiger partial charge is 0.410 e. The highest BCUT2D eigenvalue weighted by Gasteiger charge is 2.36. The summed E-state index contributed by atoms with van der Waals surface area (Å²) in [5, 5.41) is 8.13. The zero-order chi connectivity index (χ0) is 31.3. The van der Waals surface area contributed by atoms with Gasteiger partial charge in [0.2, 0.25) is 17.5 Å². The Morgan fingerprint density at radius 2 is 1.82 bits per heavy atom. The van der Waals surface area contributed by atoms with E-state index < -0.39 is 5.60 Å². The Bertz CT molecular complexity index is 1740. The molecule has 2 aliphatic heterocycles. The lowest BCUT2D eigenvalue weighted by molar-refractivity contribution is -0.0166. The Morgan fingerprint density at radius 1 is 1.07 bits per heavy atom. The van der Waals surface area contributed by atoms with Crippen LogP contribution in [0.15, 0.2) is 34.7 Å². The van der Waals surface area contributed by atoms with Crippen molar-refractivity contribution in [3.8, 4) is 11.8 Å². The van der Waals surface area contributed by atoms with Gasteiger partial charge in [-0.3, -0.25) is 9.69 Å². The molecule has 13 heteroatoms. The summed E-state index contributed by atoms with van der Waals surface area (Å²) in [6, 6.07) is 8.65. The molecule has 4 aromatic rings. The third kappa shape index (κ3) is 6.09. The molecule has 2 N–H and O–H groups in total. The third-order valence-electron chi connectivity index (χ3n) is 7.56. The standard InChI is InChI=1S/C31H36ClN7O5/c1-16-12-33-27-26-19-7-10-24(35-20(19)8-9-21(26)42-28(27)29(40)34-16)43-25-11-22(32)36-23(37-25)15-38-13-17(2)39(18(3)14-38)30(41)44-31(4,5)6/h7-11,16-18,33H,12-15H2,1-6H3,(H,34,40)/t16-,17?,18?/m1/s1. The minimum Gasteiger partial charge on any atom is -0.449 e. The molecule has 1 saturated heterocycles. The first kappa shape index (κ1) is 29.9. The average Bonchev–Trinajstić information content (AvgIpc) is 3.22. The fraction of sp³-hybridized carbons (Fsp3) is 0.452. The molecule has 3 atom stereocenters. The lowest BCUT2D eigenvalue weighted by Crippen LogP contribution is -2.59. The van der Waals surface area contributed by atoms with Crippen molar-refractivity contribution in [2.75, 3.05) is 25.0 Å². The van der Waals surface area contributed by atoms with Gasteiger partial charge in [0.05, 0.1) is 23.1 Å². The number of anilines is 1. The van der Waals surface area contributed by atoms with Crippen molar-refractivity contribution in [1.82, 2.24) is 30.1 Å². The Hall–Kier alpha value is -4.16. The van der Waals surface area contributed by atoms with Crippen molar-refractivity contribution < 1.29 is 23.5 Å². The molecule has 12 nitrogen and oxygen atoms in total. The molecular weight excluding hydrogens is 586 g/mol. The van der Waals surface area contributed by atoms with Crippen LogP contribution in [-0.4, -0.2) is 80.1 Å². The van der Waals surface area contributed by atoms with Crippen LogP contribution in [0.5, 0.6) is 11.8 Å². The molecule has 0 radical (unpaired) electrons. The summed E-state index contributed by atoms with van der Waals surface area (Å²) in [7, 11) is 0. The number of nitrogens with zero attached hydrogens (tertiary/aromatic N) is 5. The minimum atomic E-state index is -0.558. The van der Waals surface area contributed by atoms with E-state index in [0.29, 0.717) is 54.7 Å². The van der Waals surface area contributed by atoms with E-state index in [2.05, 4.69) is 25.5 Å². The molecular formula is C31H36ClN7O5. The highest BCUT2D eigenvalue weighted by Crippen LogP contribution is 2.38. The normalized spacial score (nSPS) is 21.0. The second-order valence-corrected chi connectivity index (χ2v) is 12.9. The van der Waals surface area contributed by atoms with Crippen LogP contribution < -0.4 is 15.4 Å². The van der Waals surface area contributed by atoms with Gasteiger partial charge in [0.1, 0.15) is 22.2 Å². The fourth-order valence-corrected chi connectivity index (χ4v) is 6.06. The maximum Gasteiger partial charge on any atom is 0.410 e. The van der Waals surface area contributed by atoms with Crippen molar-refractivity contribution in [3.63, 3.8) is 0 Å². The zero-order valence-electron chi connectivity index (χ0n) is 25.6. The highest BCUT2D eigenvalue weighted by molar-refractivity contribution is 6.29. The van der Waals surface area contributed by atoms with E-state index in [9.17, 15) is 9.59 Å². The Balaban J connectivity index is 1.19. The molecule has 1 aromatic carbocycles. The number of amides is 2. The van der Waals surface area contributed by atoms with Gasteiger partial charge in [0.25, 0.3) is 5.91 Å². The van der Waals surface area contributed by atoms with Crippen molar-refractivity contribution in [3.05, 3.63) is 47.1 Å². The molecule has 2 amide bonds. The van der Waals surface area contributed by atoms with Gasteiger partial charge in [0.15, 0.2) is 0 Å². The molecule has 3 aromatic heterocycles. The summed E-state index contributed by atoms with van der Waals surface area (Å²) in [4.78, 5) is 43.1. The first-order chi connectivity index (χ1) is 20.8. The van der Waals surface area contributed by atoms with Gasteiger partial charge in [-0.1, -0.05) is 11.6 Å². The van der Waals surface area contributed by atoms with Crippen molar-refractivity contribution >= 4 is 51.2 Å². The highest BCUT2D eigenvalue weighted by atomic mass is 35.5. The number of aromatic nitrogens is 3. The van der Waals surface area contributed by atoms with Crippen molar-refractivity contribution in [2.24, 2.45) is 0 Å². The van der Waals surface area contributed by atoms with Crippen LogP contribution in [-0.2, 0) is 11.3 Å². The molecule has 232 valence electrons. The number of benzene rings is 1. The van der Waals surface area contributed by atoms with Crippen LogP contribution in [0.25, 0.3) is 21.9 Å². The molecule has 6 rings (SSSR count). The number of hydrogen-bond acceptors (Lipinski definition) is 10. The molecule has 5 heterocycles. The Labute approximate surface area is 260 Å². The van der Waals surface area contributed by atoms with Gasteiger partial charge in [-0.15, -0.1) is 0 Å². The molecule has 0 spiro atoms. The van der Waals surface area contributed by atoms with Crippen LogP contribution in [0.1, 0.15) is 57.9 Å². The number of hydrogen-bond donors (Lipinski definition) is 2. The largest absolute Gasteiger partial charge is 0.449 e. The SMILES string of the molecule is CC1CN(Cc2nc(Cl)cc(Oc3ccc4c(ccc5oc6c(c54)NC[C@@H](C)NC6=O)n3)n2)CC(C)N1C(=O)OC(C)(C)C. The van der Waals surface area contributed by atoms with Gasteiger partial charge in [-0.2, -0.15) is 4.98 Å². The summed E-state index contributed by atoms with van der Waals surface area (Å²) >= 11 is 6.38. The van der Waals surface area contributed by atoms with Crippen LogP contribution in [0, 0.1) is 0 Å². The molecule has 44 heavy (non-hydrogen) atoms. The maximum absolute atomic E-state index is 12.8. The van der Waals surface area contributed by atoms with Gasteiger partial charge < -0.3 is 29.4 Å². The number of piperazine rings is 1. The number of fused-ring (bicyclic) bond motifs is 5. The topological polar surface area (TPSA) is 135 Å². The monoisotopic (exact) mass is 621 g/mol. The summed E-state index contributed by atoms with van der Waals surface area (Å²) in [5.41, 5.74) is 1.37. The zero-order valence-corrected chi connectivity index (χ0v) is 26.4. The maximum atomic E-state index is 12.8. The first-order valence-corrected chi connectivity index (χ1v) is 15.1. The van der Waals surface area contributed by atoms with Crippen LogP contribution in [0.4, 0.5) is 10.5 Å². The average molecular weight is 622 g/mol. The number of carbonyl (C=O) groups excluding carboxylic acids is 2. The van der Waals surface area contributed by atoms with Gasteiger partial charge in [-0.05, 0) is 59.7 Å². The lowest BCUT2D eigenvalue weighted by atomic mass is 10.1. The van der Waals surface area contributed by atoms with Gasteiger partial charge in [0, 0.05) is 55.3 Å². The summed E-state index contributed by atoms with van der Waals surface area (Å²) in [6.07, 6.45) is -0.310. The quantitative estimate of drug-likeness (QED) is 0.278. The third-order valence-corrected chi connectivity index (χ3v) is 7.75. The lowest BCUT2D eigenvalue weighted by Gasteiger charge is -2.44. The van der Waals surface area contributed by atoms with E-state index >= 15 is 0 Å². The molecule has 0 bridgehead atoms. The van der Waals surface area contributed by atoms with Crippen LogP contribution >= 0.6 is 11.6 Å². The Morgan fingerprint density at radius 3 is 2.55 bits per heavy atom. The predicted octanol–water partition coefficient (Wildman–Crippen LogP) is 5.59. The van der Waals surface area contributed by atoms with E-state index in [1.165, 1.54) is 0 Å². The van der Waals surface area contributed by atoms with Crippen molar-refractivity contribution in [2.45, 2.75) is 71.8 Å². The van der Waals surface area contributed by atoms with Crippen LogP contribution in [0.2, 0.25) is 5.15 Å². The second kappa shape index (κ2) is 11.4. The minimum absolute atomic E-state index is 0.0357. The van der Waals surface area contributed by atoms with E-state index in [1.54, 1.807) is 23.1 Å². The molecule has 2 unspecified atom stereocenters. The Kier molecular flexibility index (Phi) is 7.75. The second-order valence-electron chi connectivity index (χ2n) is 12.5. The molecule has 1 fully saturated rings. The number of pyridine rings is 1. The predicted molar refractivity (Wildman–Crippen MR) is 166 cm³/mol. The summed E-state index contributed by atoms with van der Waals surface area (Å²) < 4.78 is 17.6. The van der Waals surface area contributed by atoms with E-state index in [0.717, 1.165) is 10.8 Å². The van der Waals surface area contributed by atoms with Crippen LogP contribution in [0.3, 0.4) is 0 Å². The number of carbonyl (C=O) groups is 2. The number of rotatable bonds is 4. The number of ether oxygens (including phenoxy) is 2. The van der Waals surface area contributed by atoms with Gasteiger partial charge >= 0.3 is 6.09 Å². The first-order valence-electron chi connectivity index (χ1n) is 14.7. The van der Waals surface area contributed by atoms with Crippen molar-refractivity contribution in [1.29, 1.82) is 0 Å². The fourth-order valence-electron chi connectivity index (χ4n) is 5.87. The number of nitrogens with one attached hydrogen (secondary N) is 2. The van der Waals surface area contributed by atoms with E-state index in [4.69, 9.17) is 30.5 Å². The summed E-state index contributed by atoms with van der Waals surface area (Å²) in [5.74, 6) is 1.11.